The van der Waals surface area contributed by atoms with Gasteiger partial charge in [-0.3, -0.25) is 9.59 Å². The molecule has 3 rings (SSSR count). The van der Waals surface area contributed by atoms with Crippen LogP contribution in [0.4, 0.5) is 15.8 Å². The van der Waals surface area contributed by atoms with E-state index in [0.29, 0.717) is 11.4 Å². The van der Waals surface area contributed by atoms with E-state index in [9.17, 15) is 14.0 Å². The van der Waals surface area contributed by atoms with Crippen molar-refractivity contribution in [3.63, 3.8) is 0 Å². The lowest BCUT2D eigenvalue weighted by Crippen LogP contribution is -2.14. The fraction of sp³-hybridized carbons (Fsp3) is 0.0909. The quantitative estimate of drug-likeness (QED) is 0.646. The highest BCUT2D eigenvalue weighted by atomic mass is 19.1. The molecule has 0 heterocycles. The molecule has 2 N–H and O–H groups in total. The average molecular weight is 378 g/mol. The Morgan fingerprint density at radius 2 is 1.64 bits per heavy atom. The molecule has 0 saturated heterocycles. The molecule has 0 bridgehead atoms. The summed E-state index contributed by atoms with van der Waals surface area (Å²) >= 11 is 0. The Morgan fingerprint density at radius 3 is 2.32 bits per heavy atom. The Bertz CT molecular complexity index is 1020. The van der Waals surface area contributed by atoms with Gasteiger partial charge in [-0.05, 0) is 67.1 Å². The van der Waals surface area contributed by atoms with E-state index in [0.717, 1.165) is 17.4 Å². The summed E-state index contributed by atoms with van der Waals surface area (Å²) in [6.45, 7) is 3.25. The highest BCUT2D eigenvalue weighted by Gasteiger charge is 2.11. The van der Waals surface area contributed by atoms with Crippen LogP contribution in [0.15, 0.2) is 66.7 Å². The normalized spacial score (nSPS) is 10.2. The van der Waals surface area contributed by atoms with Gasteiger partial charge in [-0.2, -0.15) is 0 Å². The first-order chi connectivity index (χ1) is 13.4. The van der Waals surface area contributed by atoms with Crippen LogP contribution in [-0.4, -0.2) is 11.8 Å². The van der Waals surface area contributed by atoms with E-state index in [2.05, 4.69) is 10.6 Å². The zero-order valence-electron chi connectivity index (χ0n) is 15.5. The van der Waals surface area contributed by atoms with Crippen LogP contribution in [0.1, 0.15) is 22.8 Å². The zero-order valence-corrected chi connectivity index (χ0v) is 15.5. The van der Waals surface area contributed by atoms with E-state index in [1.165, 1.54) is 19.1 Å². The van der Waals surface area contributed by atoms with Crippen molar-refractivity contribution in [2.75, 3.05) is 10.6 Å². The first-order valence-electron chi connectivity index (χ1n) is 8.64. The zero-order chi connectivity index (χ0) is 20.1. The van der Waals surface area contributed by atoms with Crippen molar-refractivity contribution in [2.45, 2.75) is 13.8 Å². The molecule has 0 aliphatic rings. The molecule has 3 aromatic rings. The molecule has 5 nitrogen and oxygen atoms in total. The van der Waals surface area contributed by atoms with Gasteiger partial charge in [-0.25, -0.2) is 4.39 Å². The minimum absolute atomic E-state index is 0.0398. The lowest BCUT2D eigenvalue weighted by molar-refractivity contribution is -0.114. The predicted molar refractivity (Wildman–Crippen MR) is 106 cm³/mol. The summed E-state index contributed by atoms with van der Waals surface area (Å²) in [5.74, 6) is -0.0732. The summed E-state index contributed by atoms with van der Waals surface area (Å²) in [4.78, 5) is 23.5. The number of ether oxygens (including phenoxy) is 1. The third-order valence-corrected chi connectivity index (χ3v) is 3.88. The second-order valence-corrected chi connectivity index (χ2v) is 6.27. The minimum atomic E-state index is -0.607. The molecule has 0 fully saturated rings. The van der Waals surface area contributed by atoms with Crippen molar-refractivity contribution < 1.29 is 18.7 Å². The third kappa shape index (κ3) is 4.94. The number of rotatable bonds is 5. The molecule has 0 radical (unpaired) electrons. The Balaban J connectivity index is 1.68. The second-order valence-electron chi connectivity index (χ2n) is 6.27. The number of carbonyl (C=O) groups excluding carboxylic acids is 2. The van der Waals surface area contributed by atoms with Gasteiger partial charge in [0.15, 0.2) is 0 Å². The second kappa shape index (κ2) is 8.35. The molecule has 0 unspecified atom stereocenters. The number of nitrogens with one attached hydrogen (secondary N) is 2. The van der Waals surface area contributed by atoms with Gasteiger partial charge in [0.1, 0.15) is 17.3 Å². The van der Waals surface area contributed by atoms with Crippen molar-refractivity contribution in [3.8, 4) is 11.5 Å². The van der Waals surface area contributed by atoms with Gasteiger partial charge in [0.25, 0.3) is 5.91 Å². The van der Waals surface area contributed by atoms with Gasteiger partial charge >= 0.3 is 0 Å². The molecule has 6 heteroatoms. The Kier molecular flexibility index (Phi) is 5.69. The van der Waals surface area contributed by atoms with E-state index in [4.69, 9.17) is 4.74 Å². The fourth-order valence-corrected chi connectivity index (χ4v) is 2.58. The van der Waals surface area contributed by atoms with Crippen LogP contribution in [0.2, 0.25) is 0 Å². The molecule has 0 spiro atoms. The van der Waals surface area contributed by atoms with E-state index in [-0.39, 0.29) is 11.3 Å². The summed E-state index contributed by atoms with van der Waals surface area (Å²) in [6, 6.07) is 18.4. The van der Waals surface area contributed by atoms with Crippen molar-refractivity contribution >= 4 is 23.2 Å². The molecule has 28 heavy (non-hydrogen) atoms. The number of carbonyl (C=O) groups is 2. The molecule has 0 aliphatic carbocycles. The SMILES string of the molecule is CC(=O)Nc1cc(C(=O)Nc2ccc(Oc3cccc(C)c3)cc2)ccc1F. The van der Waals surface area contributed by atoms with Crippen molar-refractivity contribution in [2.24, 2.45) is 0 Å². The molecular formula is C22H19FN2O3. The average Bonchev–Trinajstić information content (AvgIpc) is 2.65. The first kappa shape index (κ1) is 19.1. The molecule has 0 saturated carbocycles. The third-order valence-electron chi connectivity index (χ3n) is 3.88. The van der Waals surface area contributed by atoms with E-state index in [1.807, 2.05) is 31.2 Å². The van der Waals surface area contributed by atoms with Crippen molar-refractivity contribution in [3.05, 3.63) is 83.7 Å². The molecule has 0 atom stereocenters. The molecule has 2 amide bonds. The lowest BCUT2D eigenvalue weighted by Gasteiger charge is -2.10. The molecule has 142 valence electrons. The number of anilines is 2. The minimum Gasteiger partial charge on any atom is -0.457 e. The van der Waals surface area contributed by atoms with Crippen LogP contribution < -0.4 is 15.4 Å². The van der Waals surface area contributed by atoms with Gasteiger partial charge in [0.05, 0.1) is 5.69 Å². The maximum absolute atomic E-state index is 13.7. The van der Waals surface area contributed by atoms with Gasteiger partial charge in [-0.1, -0.05) is 12.1 Å². The molecule has 0 aromatic heterocycles. The summed E-state index contributed by atoms with van der Waals surface area (Å²) in [6.07, 6.45) is 0. The van der Waals surface area contributed by atoms with Crippen LogP contribution in [0.5, 0.6) is 11.5 Å². The fourth-order valence-electron chi connectivity index (χ4n) is 2.58. The summed E-state index contributed by atoms with van der Waals surface area (Å²) in [7, 11) is 0. The molecular weight excluding hydrogens is 359 g/mol. The topological polar surface area (TPSA) is 67.4 Å². The number of hydrogen-bond donors (Lipinski definition) is 2. The molecule has 0 aliphatic heterocycles. The van der Waals surface area contributed by atoms with Gasteiger partial charge in [0.2, 0.25) is 5.91 Å². The summed E-state index contributed by atoms with van der Waals surface area (Å²) in [5.41, 5.74) is 1.85. The number of aryl methyl sites for hydroxylation is 1. The Morgan fingerprint density at radius 1 is 0.893 bits per heavy atom. The van der Waals surface area contributed by atoms with Crippen LogP contribution >= 0.6 is 0 Å². The van der Waals surface area contributed by atoms with Gasteiger partial charge in [0, 0.05) is 18.2 Å². The first-order valence-corrected chi connectivity index (χ1v) is 8.64. The highest BCUT2D eigenvalue weighted by molar-refractivity contribution is 6.05. The number of benzene rings is 3. The van der Waals surface area contributed by atoms with Crippen molar-refractivity contribution in [1.82, 2.24) is 0 Å². The standard InChI is InChI=1S/C22H19FN2O3/c1-14-4-3-5-19(12-14)28-18-9-7-17(8-10-18)25-22(27)16-6-11-20(23)21(13-16)24-15(2)26/h3-13H,1-2H3,(H,24,26)(H,25,27). The van der Waals surface area contributed by atoms with Crippen molar-refractivity contribution in [1.29, 1.82) is 0 Å². The van der Waals surface area contributed by atoms with Gasteiger partial charge in [-0.15, -0.1) is 0 Å². The predicted octanol–water partition coefficient (Wildman–Crippen LogP) is 5.14. The van der Waals surface area contributed by atoms with Crippen LogP contribution in [0.3, 0.4) is 0 Å². The summed E-state index contributed by atoms with van der Waals surface area (Å²) in [5, 5.41) is 5.09. The lowest BCUT2D eigenvalue weighted by atomic mass is 10.1. The maximum Gasteiger partial charge on any atom is 0.255 e. The van der Waals surface area contributed by atoms with E-state index in [1.54, 1.807) is 24.3 Å². The number of halogens is 1. The number of amides is 2. The largest absolute Gasteiger partial charge is 0.457 e. The van der Waals surface area contributed by atoms with E-state index >= 15 is 0 Å². The monoisotopic (exact) mass is 378 g/mol. The molecule has 3 aromatic carbocycles. The maximum atomic E-state index is 13.7. The van der Waals surface area contributed by atoms with E-state index < -0.39 is 17.6 Å². The van der Waals surface area contributed by atoms with Crippen LogP contribution in [-0.2, 0) is 4.79 Å². The Hall–Kier alpha value is -3.67. The summed E-state index contributed by atoms with van der Waals surface area (Å²) < 4.78 is 19.5. The van der Waals surface area contributed by atoms with Crippen LogP contribution in [0, 0.1) is 12.7 Å². The Labute approximate surface area is 162 Å². The van der Waals surface area contributed by atoms with Gasteiger partial charge < -0.3 is 15.4 Å². The highest BCUT2D eigenvalue weighted by Crippen LogP contribution is 2.24. The van der Waals surface area contributed by atoms with Crippen LogP contribution in [0.25, 0.3) is 0 Å². The number of hydrogen-bond acceptors (Lipinski definition) is 3. The smallest absolute Gasteiger partial charge is 0.255 e.